The number of aliphatic hydroxyl groups is 1. The lowest BCUT2D eigenvalue weighted by Gasteiger charge is -2.32. The maximum Gasteiger partial charge on any atom is 0.315 e. The minimum Gasteiger partial charge on any atom is -0.394 e. The number of nitrogens with one attached hydrogen (secondary N) is 2. The van der Waals surface area contributed by atoms with E-state index >= 15 is 0 Å². The fraction of sp³-hybridized carbons (Fsp3) is 0.733. The van der Waals surface area contributed by atoms with Crippen LogP contribution < -0.4 is 10.6 Å². The first-order valence-electron chi connectivity index (χ1n) is 7.90. The third kappa shape index (κ3) is 4.71. The van der Waals surface area contributed by atoms with Gasteiger partial charge in [-0.05, 0) is 25.3 Å². The highest BCUT2D eigenvalue weighted by Gasteiger charge is 2.28. The molecule has 0 aromatic carbocycles. The fourth-order valence-electron chi connectivity index (χ4n) is 2.94. The van der Waals surface area contributed by atoms with Crippen molar-refractivity contribution in [2.75, 3.05) is 20.3 Å². The standard InChI is InChI=1S/C15H26N4O3/c1-22-10-7-12(11-20)17-15(21)18-13-5-2-3-6-14(13)19-9-4-8-16-19/h4,8-9,12-14,20H,2-3,5-7,10-11H2,1H3,(H2,17,18,21)/t12-,13-,14-/m1/s1. The van der Waals surface area contributed by atoms with E-state index in [4.69, 9.17) is 4.74 Å². The smallest absolute Gasteiger partial charge is 0.315 e. The molecule has 1 aliphatic carbocycles. The molecule has 1 fully saturated rings. The molecule has 3 atom stereocenters. The molecule has 124 valence electrons. The summed E-state index contributed by atoms with van der Waals surface area (Å²) in [6, 6.07) is 1.64. The normalized spacial score (nSPS) is 23.0. The van der Waals surface area contributed by atoms with Gasteiger partial charge in [0.05, 0.1) is 24.7 Å². The second kappa shape index (κ2) is 8.75. The van der Waals surface area contributed by atoms with Crippen LogP contribution >= 0.6 is 0 Å². The molecule has 0 spiro atoms. The maximum atomic E-state index is 12.2. The Hall–Kier alpha value is -1.60. The number of rotatable bonds is 7. The molecule has 0 bridgehead atoms. The number of aromatic nitrogens is 2. The van der Waals surface area contributed by atoms with Gasteiger partial charge in [-0.3, -0.25) is 4.68 Å². The molecular formula is C15H26N4O3. The number of hydrogen-bond acceptors (Lipinski definition) is 4. The molecule has 3 N–H and O–H groups in total. The molecule has 7 nitrogen and oxygen atoms in total. The van der Waals surface area contributed by atoms with E-state index in [1.54, 1.807) is 13.3 Å². The van der Waals surface area contributed by atoms with Gasteiger partial charge in [0, 0.05) is 26.1 Å². The van der Waals surface area contributed by atoms with Crippen molar-refractivity contribution in [3.8, 4) is 0 Å². The number of methoxy groups -OCH3 is 1. The number of hydrogen-bond donors (Lipinski definition) is 3. The maximum absolute atomic E-state index is 12.2. The van der Waals surface area contributed by atoms with E-state index in [1.807, 2.05) is 16.9 Å². The summed E-state index contributed by atoms with van der Waals surface area (Å²) in [6.07, 6.45) is 8.51. The molecule has 0 unspecified atom stereocenters. The van der Waals surface area contributed by atoms with Crippen LogP contribution in [0.2, 0.25) is 0 Å². The van der Waals surface area contributed by atoms with Crippen molar-refractivity contribution in [3.05, 3.63) is 18.5 Å². The lowest BCUT2D eigenvalue weighted by atomic mass is 9.90. The second-order valence-corrected chi connectivity index (χ2v) is 5.72. The number of amides is 2. The van der Waals surface area contributed by atoms with Gasteiger partial charge in [-0.1, -0.05) is 12.8 Å². The highest BCUT2D eigenvalue weighted by molar-refractivity contribution is 5.74. The quantitative estimate of drug-likeness (QED) is 0.703. The first kappa shape index (κ1) is 16.8. The van der Waals surface area contributed by atoms with Crippen molar-refractivity contribution >= 4 is 6.03 Å². The van der Waals surface area contributed by atoms with Gasteiger partial charge < -0.3 is 20.5 Å². The summed E-state index contributed by atoms with van der Waals surface area (Å²) in [7, 11) is 1.60. The summed E-state index contributed by atoms with van der Waals surface area (Å²) in [5.41, 5.74) is 0. The van der Waals surface area contributed by atoms with Crippen molar-refractivity contribution in [1.82, 2.24) is 20.4 Å². The molecular weight excluding hydrogens is 284 g/mol. The molecule has 1 aromatic heterocycles. The third-order valence-corrected chi connectivity index (χ3v) is 4.14. The van der Waals surface area contributed by atoms with Crippen LogP contribution in [0.25, 0.3) is 0 Å². The van der Waals surface area contributed by atoms with Crippen LogP contribution in [0.15, 0.2) is 18.5 Å². The van der Waals surface area contributed by atoms with E-state index in [2.05, 4.69) is 15.7 Å². The number of urea groups is 1. The molecule has 7 heteroatoms. The average molecular weight is 310 g/mol. The monoisotopic (exact) mass is 310 g/mol. The lowest BCUT2D eigenvalue weighted by Crippen LogP contribution is -2.51. The minimum absolute atomic E-state index is 0.0652. The topological polar surface area (TPSA) is 88.4 Å². The molecule has 1 aromatic rings. The summed E-state index contributed by atoms with van der Waals surface area (Å²) in [6.45, 7) is 0.412. The van der Waals surface area contributed by atoms with Crippen LogP contribution in [0.5, 0.6) is 0 Å². The van der Waals surface area contributed by atoms with E-state index in [0.717, 1.165) is 25.7 Å². The van der Waals surface area contributed by atoms with Crippen molar-refractivity contribution in [3.63, 3.8) is 0 Å². The van der Waals surface area contributed by atoms with Gasteiger partial charge in [-0.15, -0.1) is 0 Å². The van der Waals surface area contributed by atoms with E-state index in [0.29, 0.717) is 13.0 Å². The predicted molar refractivity (Wildman–Crippen MR) is 82.6 cm³/mol. The van der Waals surface area contributed by atoms with Crippen LogP contribution in [-0.4, -0.2) is 53.3 Å². The number of nitrogens with zero attached hydrogens (tertiary/aromatic N) is 2. The summed E-state index contributed by atoms with van der Waals surface area (Å²) >= 11 is 0. The number of ether oxygens (including phenoxy) is 1. The van der Waals surface area contributed by atoms with Gasteiger partial charge in [0.15, 0.2) is 0 Å². The molecule has 0 saturated heterocycles. The van der Waals surface area contributed by atoms with E-state index in [1.165, 1.54) is 0 Å². The molecule has 1 saturated carbocycles. The van der Waals surface area contributed by atoms with E-state index < -0.39 is 0 Å². The van der Waals surface area contributed by atoms with Gasteiger partial charge in [-0.2, -0.15) is 5.10 Å². The van der Waals surface area contributed by atoms with Crippen LogP contribution in [-0.2, 0) is 4.74 Å². The molecule has 1 heterocycles. The summed E-state index contributed by atoms with van der Waals surface area (Å²) in [5, 5.41) is 19.4. The first-order chi connectivity index (χ1) is 10.7. The van der Waals surface area contributed by atoms with Crippen molar-refractivity contribution in [1.29, 1.82) is 0 Å². The van der Waals surface area contributed by atoms with Crippen molar-refractivity contribution < 1.29 is 14.6 Å². The molecule has 0 radical (unpaired) electrons. The Morgan fingerprint density at radius 2 is 2.32 bits per heavy atom. The zero-order chi connectivity index (χ0) is 15.8. The molecule has 2 rings (SSSR count). The summed E-state index contributed by atoms with van der Waals surface area (Å²) < 4.78 is 6.91. The van der Waals surface area contributed by atoms with E-state index in [9.17, 15) is 9.90 Å². The molecule has 22 heavy (non-hydrogen) atoms. The third-order valence-electron chi connectivity index (χ3n) is 4.14. The van der Waals surface area contributed by atoms with Crippen molar-refractivity contribution in [2.45, 2.75) is 50.2 Å². The number of aliphatic hydroxyl groups excluding tert-OH is 1. The average Bonchev–Trinajstić information content (AvgIpc) is 3.06. The van der Waals surface area contributed by atoms with Gasteiger partial charge in [0.25, 0.3) is 0 Å². The van der Waals surface area contributed by atoms with Crippen molar-refractivity contribution in [2.24, 2.45) is 0 Å². The Morgan fingerprint density at radius 3 is 3.00 bits per heavy atom. The number of carbonyl (C=O) groups is 1. The second-order valence-electron chi connectivity index (χ2n) is 5.72. The Morgan fingerprint density at radius 1 is 1.50 bits per heavy atom. The SMILES string of the molecule is COCC[C@H](CO)NC(=O)N[C@@H]1CCCC[C@H]1n1cccn1. The van der Waals surface area contributed by atoms with Crippen LogP contribution in [0, 0.1) is 0 Å². The van der Waals surface area contributed by atoms with Crippen LogP contribution in [0.4, 0.5) is 4.79 Å². The lowest BCUT2D eigenvalue weighted by molar-refractivity contribution is 0.157. The summed E-state index contributed by atoms with van der Waals surface area (Å²) in [4.78, 5) is 12.2. The Balaban J connectivity index is 1.88. The molecule has 0 aliphatic heterocycles. The zero-order valence-corrected chi connectivity index (χ0v) is 13.1. The van der Waals surface area contributed by atoms with Crippen LogP contribution in [0.3, 0.4) is 0 Å². The minimum atomic E-state index is -0.285. The van der Waals surface area contributed by atoms with Gasteiger partial charge in [-0.25, -0.2) is 4.79 Å². The van der Waals surface area contributed by atoms with Gasteiger partial charge in [0.2, 0.25) is 0 Å². The molecule has 2 amide bonds. The zero-order valence-electron chi connectivity index (χ0n) is 13.1. The van der Waals surface area contributed by atoms with Gasteiger partial charge >= 0.3 is 6.03 Å². The Kier molecular flexibility index (Phi) is 6.67. The predicted octanol–water partition coefficient (Wildman–Crippen LogP) is 1.06. The first-order valence-corrected chi connectivity index (χ1v) is 7.90. The molecule has 1 aliphatic rings. The largest absolute Gasteiger partial charge is 0.394 e. The Bertz CT molecular complexity index is 438. The highest BCUT2D eigenvalue weighted by Crippen LogP contribution is 2.27. The Labute approximate surface area is 131 Å². The van der Waals surface area contributed by atoms with E-state index in [-0.39, 0.29) is 30.8 Å². The summed E-state index contributed by atoms with van der Waals surface area (Å²) in [5.74, 6) is 0. The number of carbonyl (C=O) groups excluding carboxylic acids is 1. The van der Waals surface area contributed by atoms with Crippen LogP contribution in [0.1, 0.15) is 38.1 Å². The highest BCUT2D eigenvalue weighted by atomic mass is 16.5. The van der Waals surface area contributed by atoms with Gasteiger partial charge in [0.1, 0.15) is 0 Å². The fourth-order valence-corrected chi connectivity index (χ4v) is 2.94.